The fraction of sp³-hybridized carbons (Fsp3) is 0.133. The van der Waals surface area contributed by atoms with Crippen molar-refractivity contribution in [2.24, 2.45) is 0 Å². The molecule has 1 N–H and O–H groups in total. The number of rotatable bonds is 5. The van der Waals surface area contributed by atoms with Crippen molar-refractivity contribution in [2.45, 2.75) is 13.5 Å². The number of nitrogens with one attached hydrogen (secondary N) is 1. The Kier molecular flexibility index (Phi) is 3.88. The third-order valence-electron chi connectivity index (χ3n) is 3.24. The zero-order chi connectivity index (χ0) is 15.5. The summed E-state index contributed by atoms with van der Waals surface area (Å²) in [5.74, 6) is 0. The Labute approximate surface area is 131 Å². The second kappa shape index (κ2) is 5.98. The summed E-state index contributed by atoms with van der Waals surface area (Å²) in [4.78, 5) is 11.6. The third kappa shape index (κ3) is 2.99. The molecular formula is C15H14N4O2S. The van der Waals surface area contributed by atoms with Crippen LogP contribution in [0.5, 0.6) is 0 Å². The van der Waals surface area contributed by atoms with Crippen LogP contribution in [0.25, 0.3) is 5.00 Å². The summed E-state index contributed by atoms with van der Waals surface area (Å²) in [5, 5.41) is 19.4. The largest absolute Gasteiger partial charge is 0.380 e. The minimum absolute atomic E-state index is 0.110. The number of benzene rings is 1. The number of nitro benzene ring substituents is 1. The first-order valence-electron chi connectivity index (χ1n) is 6.71. The average molecular weight is 314 g/mol. The summed E-state index contributed by atoms with van der Waals surface area (Å²) < 4.78 is 1.82. The van der Waals surface area contributed by atoms with Gasteiger partial charge in [0, 0.05) is 35.9 Å². The van der Waals surface area contributed by atoms with Gasteiger partial charge >= 0.3 is 0 Å². The topological polar surface area (TPSA) is 73.0 Å². The number of nitrogens with zero attached hydrogens (tertiary/aromatic N) is 3. The fourth-order valence-electron chi connectivity index (χ4n) is 2.13. The molecule has 0 aliphatic rings. The number of aromatic nitrogens is 2. The minimum Gasteiger partial charge on any atom is -0.380 e. The first-order valence-corrected chi connectivity index (χ1v) is 7.53. The standard InChI is InChI=1S/C15H14N4O2S/c1-11-14(9-15(22-11)18-7-3-6-17-18)16-10-12-4-2-5-13(8-12)19(20)21/h2-9,16H,10H2,1H3. The van der Waals surface area contributed by atoms with Crippen molar-refractivity contribution in [3.63, 3.8) is 0 Å². The Bertz CT molecular complexity index is 796. The number of anilines is 1. The van der Waals surface area contributed by atoms with E-state index in [9.17, 15) is 10.1 Å². The van der Waals surface area contributed by atoms with E-state index in [4.69, 9.17) is 0 Å². The normalized spacial score (nSPS) is 10.6. The van der Waals surface area contributed by atoms with Gasteiger partial charge in [0.1, 0.15) is 5.00 Å². The van der Waals surface area contributed by atoms with E-state index in [-0.39, 0.29) is 10.6 Å². The molecule has 0 amide bonds. The van der Waals surface area contributed by atoms with E-state index in [0.29, 0.717) is 6.54 Å². The molecule has 3 aromatic rings. The number of aryl methyl sites for hydroxylation is 1. The van der Waals surface area contributed by atoms with E-state index >= 15 is 0 Å². The van der Waals surface area contributed by atoms with E-state index in [0.717, 1.165) is 21.1 Å². The number of hydrogen-bond acceptors (Lipinski definition) is 5. The summed E-state index contributed by atoms with van der Waals surface area (Å²) >= 11 is 1.65. The second-order valence-electron chi connectivity index (χ2n) is 4.79. The first-order chi connectivity index (χ1) is 10.6. The van der Waals surface area contributed by atoms with Crippen molar-refractivity contribution < 1.29 is 4.92 Å². The van der Waals surface area contributed by atoms with Crippen LogP contribution in [-0.2, 0) is 6.54 Å². The van der Waals surface area contributed by atoms with Crippen LogP contribution in [0.15, 0.2) is 48.8 Å². The van der Waals surface area contributed by atoms with Gasteiger partial charge in [-0.2, -0.15) is 5.10 Å². The van der Waals surface area contributed by atoms with Gasteiger partial charge in [-0.3, -0.25) is 10.1 Å². The Morgan fingerprint density at radius 2 is 2.23 bits per heavy atom. The van der Waals surface area contributed by atoms with E-state index in [1.165, 1.54) is 6.07 Å². The van der Waals surface area contributed by atoms with E-state index in [1.807, 2.05) is 36.0 Å². The van der Waals surface area contributed by atoms with Crippen molar-refractivity contribution >= 4 is 22.7 Å². The molecule has 0 unspecified atom stereocenters. The van der Waals surface area contributed by atoms with Gasteiger partial charge in [-0.1, -0.05) is 12.1 Å². The summed E-state index contributed by atoms with van der Waals surface area (Å²) in [5.41, 5.74) is 2.00. The third-order valence-corrected chi connectivity index (χ3v) is 4.28. The predicted octanol–water partition coefficient (Wildman–Crippen LogP) is 3.76. The van der Waals surface area contributed by atoms with Crippen LogP contribution in [0.3, 0.4) is 0 Å². The van der Waals surface area contributed by atoms with Gasteiger partial charge in [0.05, 0.1) is 10.6 Å². The summed E-state index contributed by atoms with van der Waals surface area (Å²) in [6.07, 6.45) is 3.64. The SMILES string of the molecule is Cc1sc(-n2cccn2)cc1NCc1cccc([N+](=O)[O-])c1. The molecule has 6 nitrogen and oxygen atoms in total. The second-order valence-corrected chi connectivity index (χ2v) is 6.02. The minimum atomic E-state index is -0.380. The van der Waals surface area contributed by atoms with E-state index in [1.54, 1.807) is 29.7 Å². The summed E-state index contributed by atoms with van der Waals surface area (Å²) in [6, 6.07) is 10.6. The Hall–Kier alpha value is -2.67. The maximum Gasteiger partial charge on any atom is 0.269 e. The van der Waals surface area contributed by atoms with Crippen molar-refractivity contribution in [3.8, 4) is 5.00 Å². The maximum absolute atomic E-state index is 10.8. The Balaban J connectivity index is 1.74. The molecule has 1 aromatic carbocycles. The summed E-state index contributed by atoms with van der Waals surface area (Å²) in [6.45, 7) is 2.57. The monoisotopic (exact) mass is 314 g/mol. The molecule has 0 saturated carbocycles. The lowest BCUT2D eigenvalue weighted by Crippen LogP contribution is -2.00. The highest BCUT2D eigenvalue weighted by Gasteiger charge is 2.09. The van der Waals surface area contributed by atoms with Crippen LogP contribution >= 0.6 is 11.3 Å². The van der Waals surface area contributed by atoms with Crippen molar-refractivity contribution in [1.29, 1.82) is 0 Å². The van der Waals surface area contributed by atoms with Crippen LogP contribution in [-0.4, -0.2) is 14.7 Å². The summed E-state index contributed by atoms with van der Waals surface area (Å²) in [7, 11) is 0. The molecule has 0 saturated heterocycles. The highest BCUT2D eigenvalue weighted by molar-refractivity contribution is 7.15. The molecule has 0 aliphatic heterocycles. The molecule has 7 heteroatoms. The van der Waals surface area contributed by atoms with Gasteiger partial charge in [-0.05, 0) is 24.6 Å². The predicted molar refractivity (Wildman–Crippen MR) is 86.6 cm³/mol. The smallest absolute Gasteiger partial charge is 0.269 e. The highest BCUT2D eigenvalue weighted by Crippen LogP contribution is 2.29. The number of non-ortho nitro benzene ring substituents is 1. The van der Waals surface area contributed by atoms with Gasteiger partial charge < -0.3 is 5.32 Å². The lowest BCUT2D eigenvalue weighted by atomic mass is 10.2. The zero-order valence-electron chi connectivity index (χ0n) is 11.9. The van der Waals surface area contributed by atoms with Crippen LogP contribution in [0.4, 0.5) is 11.4 Å². The molecule has 0 fully saturated rings. The molecule has 0 spiro atoms. The first kappa shape index (κ1) is 14.3. The fourth-order valence-corrected chi connectivity index (χ4v) is 3.06. The van der Waals surface area contributed by atoms with Crippen molar-refractivity contribution in [2.75, 3.05) is 5.32 Å². The molecule has 0 radical (unpaired) electrons. The molecule has 2 aromatic heterocycles. The van der Waals surface area contributed by atoms with Crippen LogP contribution in [0, 0.1) is 17.0 Å². The molecule has 2 heterocycles. The number of hydrogen-bond donors (Lipinski definition) is 1. The van der Waals surface area contributed by atoms with Gasteiger partial charge in [-0.25, -0.2) is 4.68 Å². The lowest BCUT2D eigenvalue weighted by Gasteiger charge is -2.05. The van der Waals surface area contributed by atoms with E-state index < -0.39 is 0 Å². The zero-order valence-corrected chi connectivity index (χ0v) is 12.7. The average Bonchev–Trinajstić information content (AvgIpc) is 3.15. The lowest BCUT2D eigenvalue weighted by molar-refractivity contribution is -0.384. The van der Waals surface area contributed by atoms with Crippen LogP contribution < -0.4 is 5.32 Å². The molecule has 0 atom stereocenters. The Morgan fingerprint density at radius 3 is 2.95 bits per heavy atom. The molecule has 3 rings (SSSR count). The van der Waals surface area contributed by atoms with Gasteiger partial charge in [0.15, 0.2) is 0 Å². The molecule has 22 heavy (non-hydrogen) atoms. The van der Waals surface area contributed by atoms with Crippen molar-refractivity contribution in [1.82, 2.24) is 9.78 Å². The quantitative estimate of drug-likeness (QED) is 0.575. The van der Waals surface area contributed by atoms with Gasteiger partial charge in [0.25, 0.3) is 5.69 Å². The molecular weight excluding hydrogens is 300 g/mol. The number of nitro groups is 1. The van der Waals surface area contributed by atoms with Gasteiger partial charge in [-0.15, -0.1) is 11.3 Å². The number of thiophene rings is 1. The van der Waals surface area contributed by atoms with E-state index in [2.05, 4.69) is 10.4 Å². The maximum atomic E-state index is 10.8. The van der Waals surface area contributed by atoms with Crippen LogP contribution in [0.2, 0.25) is 0 Å². The van der Waals surface area contributed by atoms with Crippen molar-refractivity contribution in [3.05, 3.63) is 69.3 Å². The Morgan fingerprint density at radius 1 is 1.36 bits per heavy atom. The molecule has 0 bridgehead atoms. The highest BCUT2D eigenvalue weighted by atomic mass is 32.1. The van der Waals surface area contributed by atoms with Crippen LogP contribution in [0.1, 0.15) is 10.4 Å². The molecule has 112 valence electrons. The molecule has 0 aliphatic carbocycles. The van der Waals surface area contributed by atoms with Gasteiger partial charge in [0.2, 0.25) is 0 Å².